The molecule has 0 saturated heterocycles. The Morgan fingerprint density at radius 1 is 1.22 bits per heavy atom. The highest BCUT2D eigenvalue weighted by Crippen LogP contribution is 2.26. The van der Waals surface area contributed by atoms with Crippen LogP contribution < -0.4 is 4.74 Å². The van der Waals surface area contributed by atoms with E-state index in [1.165, 1.54) is 12.1 Å². The summed E-state index contributed by atoms with van der Waals surface area (Å²) in [6.45, 7) is 4.24. The number of rotatable bonds is 7. The van der Waals surface area contributed by atoms with Crippen molar-refractivity contribution in [2.24, 2.45) is 0 Å². The number of aliphatic carboxylic acids is 1. The molecule has 0 saturated carbocycles. The summed E-state index contributed by atoms with van der Waals surface area (Å²) in [6.07, 6.45) is 1.07. The number of carboxylic acids is 1. The zero-order valence-electron chi connectivity index (χ0n) is 13.4. The molecule has 3 nitrogen and oxygen atoms in total. The summed E-state index contributed by atoms with van der Waals surface area (Å²) in [5, 5.41) is 9.50. The van der Waals surface area contributed by atoms with E-state index in [1.54, 1.807) is 12.1 Å². The van der Waals surface area contributed by atoms with Crippen LogP contribution in [-0.4, -0.2) is 17.7 Å². The molecule has 0 aliphatic heterocycles. The van der Waals surface area contributed by atoms with Gasteiger partial charge in [0.15, 0.2) is 0 Å². The van der Waals surface area contributed by atoms with Gasteiger partial charge in [-0.15, -0.1) is 0 Å². The molecule has 0 fully saturated rings. The van der Waals surface area contributed by atoms with Crippen molar-refractivity contribution in [1.29, 1.82) is 0 Å². The maximum Gasteiger partial charge on any atom is 0.310 e. The Balaban J connectivity index is 1.95. The standard InChI is InChI=1S/C19H21FO3/c1-13-8-9-14(2)18(11-13)17(19(21)22)7-4-10-23-16-6-3-5-15(20)12-16/h3,5-6,8-9,11-12,17H,4,7,10H2,1-2H3,(H,21,22). The second kappa shape index (κ2) is 7.77. The number of aryl methyl sites for hydroxylation is 2. The van der Waals surface area contributed by atoms with Gasteiger partial charge in [-0.3, -0.25) is 4.79 Å². The molecular formula is C19H21FO3. The van der Waals surface area contributed by atoms with Gasteiger partial charge in [0.1, 0.15) is 11.6 Å². The SMILES string of the molecule is Cc1ccc(C)c(C(CCCOc2cccc(F)c2)C(=O)O)c1. The first-order chi connectivity index (χ1) is 11.0. The van der Waals surface area contributed by atoms with Crippen LogP contribution in [0.1, 0.15) is 35.4 Å². The van der Waals surface area contributed by atoms with Crippen LogP contribution >= 0.6 is 0 Å². The van der Waals surface area contributed by atoms with Crippen molar-refractivity contribution in [2.75, 3.05) is 6.61 Å². The summed E-state index contributed by atoms with van der Waals surface area (Å²) >= 11 is 0. The van der Waals surface area contributed by atoms with Crippen molar-refractivity contribution < 1.29 is 19.0 Å². The molecular weight excluding hydrogens is 295 g/mol. The van der Waals surface area contributed by atoms with Gasteiger partial charge in [0.05, 0.1) is 12.5 Å². The summed E-state index contributed by atoms with van der Waals surface area (Å²) in [5.41, 5.74) is 2.88. The number of hydrogen-bond acceptors (Lipinski definition) is 2. The minimum Gasteiger partial charge on any atom is -0.493 e. The molecule has 0 aliphatic carbocycles. The van der Waals surface area contributed by atoms with E-state index >= 15 is 0 Å². The zero-order valence-corrected chi connectivity index (χ0v) is 13.4. The summed E-state index contributed by atoms with van der Waals surface area (Å²) in [4.78, 5) is 11.6. The molecule has 23 heavy (non-hydrogen) atoms. The quantitative estimate of drug-likeness (QED) is 0.767. The lowest BCUT2D eigenvalue weighted by Gasteiger charge is -2.16. The fraction of sp³-hybridized carbons (Fsp3) is 0.316. The van der Waals surface area contributed by atoms with E-state index in [9.17, 15) is 14.3 Å². The lowest BCUT2D eigenvalue weighted by molar-refractivity contribution is -0.139. The molecule has 0 spiro atoms. The number of ether oxygens (including phenoxy) is 1. The smallest absolute Gasteiger partial charge is 0.310 e. The first kappa shape index (κ1) is 17.0. The largest absolute Gasteiger partial charge is 0.493 e. The predicted octanol–water partition coefficient (Wildman–Crippen LogP) is 4.47. The van der Waals surface area contributed by atoms with Crippen LogP contribution in [0, 0.1) is 19.7 Å². The molecule has 4 heteroatoms. The van der Waals surface area contributed by atoms with E-state index in [0.29, 0.717) is 25.2 Å². The van der Waals surface area contributed by atoms with Gasteiger partial charge in [-0.05, 0) is 49.9 Å². The first-order valence-electron chi connectivity index (χ1n) is 7.65. The minimum atomic E-state index is -0.829. The van der Waals surface area contributed by atoms with Gasteiger partial charge in [-0.25, -0.2) is 4.39 Å². The molecule has 0 amide bonds. The Morgan fingerprint density at radius 2 is 2.00 bits per heavy atom. The molecule has 2 rings (SSSR count). The first-order valence-corrected chi connectivity index (χ1v) is 7.65. The molecule has 0 aliphatic rings. The molecule has 1 N–H and O–H groups in total. The highest BCUT2D eigenvalue weighted by atomic mass is 19.1. The van der Waals surface area contributed by atoms with Crippen molar-refractivity contribution in [2.45, 2.75) is 32.6 Å². The van der Waals surface area contributed by atoms with Crippen LogP contribution in [0.4, 0.5) is 4.39 Å². The second-order valence-corrected chi connectivity index (χ2v) is 5.70. The Morgan fingerprint density at radius 3 is 2.70 bits per heavy atom. The summed E-state index contributed by atoms with van der Waals surface area (Å²) in [7, 11) is 0. The van der Waals surface area contributed by atoms with Gasteiger partial charge in [-0.2, -0.15) is 0 Å². The highest BCUT2D eigenvalue weighted by Gasteiger charge is 2.21. The Labute approximate surface area is 135 Å². The van der Waals surface area contributed by atoms with Gasteiger partial charge in [0.2, 0.25) is 0 Å². The number of halogens is 1. The van der Waals surface area contributed by atoms with Crippen LogP contribution in [0.2, 0.25) is 0 Å². The lowest BCUT2D eigenvalue weighted by atomic mass is 9.90. The van der Waals surface area contributed by atoms with Crippen LogP contribution in [0.5, 0.6) is 5.75 Å². The van der Waals surface area contributed by atoms with E-state index in [0.717, 1.165) is 16.7 Å². The van der Waals surface area contributed by atoms with E-state index < -0.39 is 11.9 Å². The third-order valence-electron chi connectivity index (χ3n) is 3.81. The third kappa shape index (κ3) is 4.81. The molecule has 2 aromatic carbocycles. The lowest BCUT2D eigenvalue weighted by Crippen LogP contribution is -2.14. The van der Waals surface area contributed by atoms with Crippen molar-refractivity contribution >= 4 is 5.97 Å². The molecule has 1 atom stereocenters. The summed E-state index contributed by atoms with van der Waals surface area (Å²) < 4.78 is 18.5. The number of carboxylic acid groups (broad SMARTS) is 1. The number of carbonyl (C=O) groups is 1. The van der Waals surface area contributed by atoms with Crippen molar-refractivity contribution in [3.63, 3.8) is 0 Å². The van der Waals surface area contributed by atoms with Crippen LogP contribution in [0.3, 0.4) is 0 Å². The normalized spacial score (nSPS) is 12.0. The monoisotopic (exact) mass is 316 g/mol. The van der Waals surface area contributed by atoms with Gasteiger partial charge in [0, 0.05) is 6.07 Å². The molecule has 0 bridgehead atoms. The number of hydrogen-bond donors (Lipinski definition) is 1. The summed E-state index contributed by atoms with van der Waals surface area (Å²) in [6, 6.07) is 11.8. The van der Waals surface area contributed by atoms with E-state index in [-0.39, 0.29) is 5.82 Å². The molecule has 2 aromatic rings. The molecule has 0 aromatic heterocycles. The average Bonchev–Trinajstić information content (AvgIpc) is 2.50. The highest BCUT2D eigenvalue weighted by molar-refractivity contribution is 5.76. The molecule has 122 valence electrons. The Kier molecular flexibility index (Phi) is 5.74. The molecule has 0 radical (unpaired) electrons. The zero-order chi connectivity index (χ0) is 16.8. The van der Waals surface area contributed by atoms with Crippen LogP contribution in [0.25, 0.3) is 0 Å². The van der Waals surface area contributed by atoms with Crippen molar-refractivity contribution in [3.8, 4) is 5.75 Å². The Bertz CT molecular complexity index is 682. The van der Waals surface area contributed by atoms with Crippen molar-refractivity contribution in [3.05, 3.63) is 65.0 Å². The Hall–Kier alpha value is -2.36. The van der Waals surface area contributed by atoms with Gasteiger partial charge in [-0.1, -0.05) is 29.8 Å². The fourth-order valence-electron chi connectivity index (χ4n) is 2.58. The molecule has 1 unspecified atom stereocenters. The second-order valence-electron chi connectivity index (χ2n) is 5.70. The number of benzene rings is 2. The topological polar surface area (TPSA) is 46.5 Å². The van der Waals surface area contributed by atoms with Crippen molar-refractivity contribution in [1.82, 2.24) is 0 Å². The summed E-state index contributed by atoms with van der Waals surface area (Å²) in [5.74, 6) is -1.26. The van der Waals surface area contributed by atoms with Crippen LogP contribution in [-0.2, 0) is 4.79 Å². The predicted molar refractivity (Wildman–Crippen MR) is 87.4 cm³/mol. The average molecular weight is 316 g/mol. The third-order valence-corrected chi connectivity index (χ3v) is 3.81. The van der Waals surface area contributed by atoms with E-state index in [2.05, 4.69) is 0 Å². The molecule has 0 heterocycles. The maximum absolute atomic E-state index is 13.1. The van der Waals surface area contributed by atoms with Gasteiger partial charge < -0.3 is 9.84 Å². The maximum atomic E-state index is 13.1. The van der Waals surface area contributed by atoms with E-state index in [1.807, 2.05) is 32.0 Å². The van der Waals surface area contributed by atoms with Gasteiger partial charge >= 0.3 is 5.97 Å². The van der Waals surface area contributed by atoms with Gasteiger partial charge in [0.25, 0.3) is 0 Å². The van der Waals surface area contributed by atoms with E-state index in [4.69, 9.17) is 4.74 Å². The van der Waals surface area contributed by atoms with Crippen LogP contribution in [0.15, 0.2) is 42.5 Å². The fourth-order valence-corrected chi connectivity index (χ4v) is 2.58. The minimum absolute atomic E-state index is 0.346.